The van der Waals surface area contributed by atoms with Crippen molar-refractivity contribution in [1.29, 1.82) is 0 Å². The van der Waals surface area contributed by atoms with Crippen LogP contribution in [-0.4, -0.2) is 24.6 Å². The molecule has 8 heteroatoms. The molecule has 2 aromatic rings. The van der Waals surface area contributed by atoms with Gasteiger partial charge in [0, 0.05) is 6.26 Å². The molecule has 0 saturated heterocycles. The molecular formula is C9H7F3N2O2S. The zero-order valence-corrected chi connectivity index (χ0v) is 9.35. The maximum atomic E-state index is 12.4. The van der Waals surface area contributed by atoms with Gasteiger partial charge < -0.3 is 4.98 Å². The Hall–Kier alpha value is -1.57. The fraction of sp³-hybridized carbons (Fsp3) is 0.222. The topological polar surface area (TPSA) is 62.8 Å². The first kappa shape index (κ1) is 11.9. The van der Waals surface area contributed by atoms with Crippen molar-refractivity contribution in [2.45, 2.75) is 11.1 Å². The number of hydrogen-bond acceptors (Lipinski definition) is 3. The molecule has 0 unspecified atom stereocenters. The van der Waals surface area contributed by atoms with Crippen LogP contribution in [0.5, 0.6) is 0 Å². The van der Waals surface area contributed by atoms with Gasteiger partial charge in [0.1, 0.15) is 5.52 Å². The molecule has 0 aliphatic rings. The SMILES string of the molecule is CS(=O)(=O)c1cccc2[nH]c(C(F)(F)F)nc12. The number of aromatic amines is 1. The lowest BCUT2D eigenvalue weighted by atomic mass is 10.3. The number of nitrogens with one attached hydrogen (secondary N) is 1. The van der Waals surface area contributed by atoms with Crippen molar-refractivity contribution < 1.29 is 21.6 Å². The molecule has 0 spiro atoms. The number of sulfone groups is 1. The van der Waals surface area contributed by atoms with Crippen LogP contribution in [0.1, 0.15) is 5.82 Å². The molecule has 4 nitrogen and oxygen atoms in total. The van der Waals surface area contributed by atoms with Crippen molar-refractivity contribution in [2.75, 3.05) is 6.26 Å². The molecule has 17 heavy (non-hydrogen) atoms. The van der Waals surface area contributed by atoms with E-state index in [4.69, 9.17) is 0 Å². The molecule has 0 fully saturated rings. The van der Waals surface area contributed by atoms with Crippen molar-refractivity contribution in [3.8, 4) is 0 Å². The molecule has 1 N–H and O–H groups in total. The Kier molecular flexibility index (Phi) is 2.42. The number of halogens is 3. The smallest absolute Gasteiger partial charge is 0.334 e. The van der Waals surface area contributed by atoms with Gasteiger partial charge in [-0.25, -0.2) is 13.4 Å². The lowest BCUT2D eigenvalue weighted by Gasteiger charge is -1.99. The van der Waals surface area contributed by atoms with Crippen LogP contribution in [0.3, 0.4) is 0 Å². The number of benzene rings is 1. The van der Waals surface area contributed by atoms with Crippen LogP contribution in [0.25, 0.3) is 11.0 Å². The number of rotatable bonds is 1. The molecule has 0 atom stereocenters. The van der Waals surface area contributed by atoms with Gasteiger partial charge in [0.05, 0.1) is 10.4 Å². The minimum atomic E-state index is -4.63. The molecule has 0 amide bonds. The van der Waals surface area contributed by atoms with E-state index in [2.05, 4.69) is 4.98 Å². The Morgan fingerprint density at radius 3 is 2.47 bits per heavy atom. The molecule has 92 valence electrons. The van der Waals surface area contributed by atoms with E-state index in [1.54, 1.807) is 0 Å². The number of imidazole rings is 1. The molecule has 0 radical (unpaired) electrons. The van der Waals surface area contributed by atoms with E-state index >= 15 is 0 Å². The van der Waals surface area contributed by atoms with Crippen LogP contribution >= 0.6 is 0 Å². The van der Waals surface area contributed by atoms with Crippen molar-refractivity contribution in [3.63, 3.8) is 0 Å². The molecule has 1 heterocycles. The molecule has 2 rings (SSSR count). The number of para-hydroxylation sites is 1. The molecular weight excluding hydrogens is 257 g/mol. The number of hydrogen-bond donors (Lipinski definition) is 1. The lowest BCUT2D eigenvalue weighted by molar-refractivity contribution is -0.144. The van der Waals surface area contributed by atoms with Gasteiger partial charge in [-0.2, -0.15) is 13.2 Å². The summed E-state index contributed by atoms with van der Waals surface area (Å²) in [7, 11) is -3.61. The quantitative estimate of drug-likeness (QED) is 0.856. The first-order chi connectivity index (χ1) is 7.69. The summed E-state index contributed by atoms with van der Waals surface area (Å²) < 4.78 is 60.0. The summed E-state index contributed by atoms with van der Waals surface area (Å²) in [4.78, 5) is 5.12. The number of fused-ring (bicyclic) bond motifs is 1. The van der Waals surface area contributed by atoms with Crippen molar-refractivity contribution in [2.24, 2.45) is 0 Å². The van der Waals surface area contributed by atoms with E-state index in [-0.39, 0.29) is 15.9 Å². The summed E-state index contributed by atoms with van der Waals surface area (Å²) in [6, 6.07) is 3.92. The van der Waals surface area contributed by atoms with Gasteiger partial charge in [-0.15, -0.1) is 0 Å². The van der Waals surface area contributed by atoms with Gasteiger partial charge in [0.2, 0.25) is 5.82 Å². The fourth-order valence-electron chi connectivity index (χ4n) is 1.44. The van der Waals surface area contributed by atoms with Crippen LogP contribution in [-0.2, 0) is 16.0 Å². The minimum Gasteiger partial charge on any atom is -0.334 e. The highest BCUT2D eigenvalue weighted by atomic mass is 32.2. The Bertz CT molecular complexity index is 673. The highest BCUT2D eigenvalue weighted by Crippen LogP contribution is 2.30. The van der Waals surface area contributed by atoms with Crippen molar-refractivity contribution in [1.82, 2.24) is 9.97 Å². The number of nitrogens with zero attached hydrogens (tertiary/aromatic N) is 1. The first-order valence-electron chi connectivity index (χ1n) is 4.45. The van der Waals surface area contributed by atoms with Gasteiger partial charge >= 0.3 is 6.18 Å². The van der Waals surface area contributed by atoms with Gasteiger partial charge in [-0.05, 0) is 12.1 Å². The monoisotopic (exact) mass is 264 g/mol. The molecule has 1 aromatic carbocycles. The second-order valence-electron chi connectivity index (χ2n) is 3.51. The van der Waals surface area contributed by atoms with Crippen LogP contribution in [0.15, 0.2) is 23.1 Å². The number of alkyl halides is 3. The van der Waals surface area contributed by atoms with Crippen molar-refractivity contribution >= 4 is 20.9 Å². The summed E-state index contributed by atoms with van der Waals surface area (Å²) in [6.07, 6.45) is -3.71. The summed E-state index contributed by atoms with van der Waals surface area (Å²) in [5.74, 6) is -1.20. The average molecular weight is 264 g/mol. The molecule has 0 bridgehead atoms. The Morgan fingerprint density at radius 2 is 1.94 bits per heavy atom. The van der Waals surface area contributed by atoms with E-state index in [1.165, 1.54) is 18.2 Å². The third kappa shape index (κ3) is 2.12. The van der Waals surface area contributed by atoms with E-state index < -0.39 is 21.8 Å². The number of H-pyrrole nitrogens is 1. The number of aromatic nitrogens is 2. The maximum Gasteiger partial charge on any atom is 0.449 e. The van der Waals surface area contributed by atoms with Crippen LogP contribution in [0.2, 0.25) is 0 Å². The van der Waals surface area contributed by atoms with E-state index in [0.717, 1.165) is 6.26 Å². The summed E-state index contributed by atoms with van der Waals surface area (Å²) in [5, 5.41) is 0. The summed E-state index contributed by atoms with van der Waals surface area (Å²) in [5.41, 5.74) is -0.150. The standard InChI is InChI=1S/C9H7F3N2O2S/c1-17(15,16)6-4-2-3-5-7(6)14-8(13-5)9(10,11)12/h2-4H,1H3,(H,13,14). The third-order valence-electron chi connectivity index (χ3n) is 2.14. The van der Waals surface area contributed by atoms with Gasteiger partial charge in [0.25, 0.3) is 0 Å². The van der Waals surface area contributed by atoms with Gasteiger partial charge in [-0.3, -0.25) is 0 Å². The van der Waals surface area contributed by atoms with Crippen molar-refractivity contribution in [3.05, 3.63) is 24.0 Å². The van der Waals surface area contributed by atoms with Gasteiger partial charge in [0.15, 0.2) is 9.84 Å². The lowest BCUT2D eigenvalue weighted by Crippen LogP contribution is -2.07. The molecule has 0 aliphatic carbocycles. The van der Waals surface area contributed by atoms with E-state index in [1.807, 2.05) is 4.98 Å². The highest BCUT2D eigenvalue weighted by molar-refractivity contribution is 7.91. The predicted octanol–water partition coefficient (Wildman–Crippen LogP) is 1.99. The average Bonchev–Trinajstić information content (AvgIpc) is 2.57. The zero-order valence-electron chi connectivity index (χ0n) is 8.54. The third-order valence-corrected chi connectivity index (χ3v) is 3.27. The largest absolute Gasteiger partial charge is 0.449 e. The van der Waals surface area contributed by atoms with Crippen LogP contribution < -0.4 is 0 Å². The fourth-order valence-corrected chi connectivity index (χ4v) is 2.27. The minimum absolute atomic E-state index is 0.0419. The Labute approximate surface area is 94.4 Å². The molecule has 1 aromatic heterocycles. The molecule has 0 aliphatic heterocycles. The molecule has 0 saturated carbocycles. The summed E-state index contributed by atoms with van der Waals surface area (Å²) >= 11 is 0. The van der Waals surface area contributed by atoms with Crippen LogP contribution in [0.4, 0.5) is 13.2 Å². The van der Waals surface area contributed by atoms with E-state index in [0.29, 0.717) is 0 Å². The predicted molar refractivity (Wildman–Crippen MR) is 54.2 cm³/mol. The van der Waals surface area contributed by atoms with E-state index in [9.17, 15) is 21.6 Å². The van der Waals surface area contributed by atoms with Crippen LogP contribution in [0, 0.1) is 0 Å². The normalized spacial score (nSPS) is 13.2. The Morgan fingerprint density at radius 1 is 1.29 bits per heavy atom. The summed E-state index contributed by atoms with van der Waals surface area (Å²) in [6.45, 7) is 0. The Balaban J connectivity index is 2.79. The second kappa shape index (κ2) is 3.46. The first-order valence-corrected chi connectivity index (χ1v) is 6.35. The second-order valence-corrected chi connectivity index (χ2v) is 5.49. The zero-order chi connectivity index (χ0) is 12.8. The van der Waals surface area contributed by atoms with Gasteiger partial charge in [-0.1, -0.05) is 6.07 Å². The highest BCUT2D eigenvalue weighted by Gasteiger charge is 2.35. The maximum absolute atomic E-state index is 12.4.